The first-order valence-electron chi connectivity index (χ1n) is 7.62. The van der Waals surface area contributed by atoms with E-state index in [1.807, 2.05) is 12.1 Å². The molecule has 0 heterocycles. The van der Waals surface area contributed by atoms with Gasteiger partial charge in [0.15, 0.2) is 0 Å². The van der Waals surface area contributed by atoms with Gasteiger partial charge in [-0.15, -0.1) is 0 Å². The minimum absolute atomic E-state index is 0.0849. The SMILES string of the molecule is CCC(C)c1ccccc1OCCC(C#N)NC1CC1. The second-order valence-electron chi connectivity index (χ2n) is 5.61. The third kappa shape index (κ3) is 4.25. The maximum absolute atomic E-state index is 9.11. The topological polar surface area (TPSA) is 45.0 Å². The van der Waals surface area contributed by atoms with E-state index in [2.05, 4.69) is 37.4 Å². The van der Waals surface area contributed by atoms with Gasteiger partial charge in [0.2, 0.25) is 0 Å². The molecule has 0 spiro atoms. The third-order valence-electron chi connectivity index (χ3n) is 3.90. The number of nitrogens with zero attached hydrogens (tertiary/aromatic N) is 1. The van der Waals surface area contributed by atoms with E-state index in [4.69, 9.17) is 10.00 Å². The van der Waals surface area contributed by atoms with Gasteiger partial charge < -0.3 is 4.74 Å². The first kappa shape index (κ1) is 14.9. The van der Waals surface area contributed by atoms with Crippen LogP contribution in [-0.4, -0.2) is 18.7 Å². The highest BCUT2D eigenvalue weighted by molar-refractivity contribution is 5.35. The highest BCUT2D eigenvalue weighted by atomic mass is 16.5. The Bertz CT molecular complexity index is 462. The predicted molar refractivity (Wildman–Crippen MR) is 80.8 cm³/mol. The summed E-state index contributed by atoms with van der Waals surface area (Å²) in [6.45, 7) is 4.99. The number of nitrogens with one attached hydrogen (secondary N) is 1. The van der Waals surface area contributed by atoms with Crippen LogP contribution in [0.3, 0.4) is 0 Å². The summed E-state index contributed by atoms with van der Waals surface area (Å²) < 4.78 is 5.90. The van der Waals surface area contributed by atoms with Crippen LogP contribution in [0.4, 0.5) is 0 Å². The normalized spacial score (nSPS) is 17.2. The number of ether oxygens (including phenoxy) is 1. The Kier molecular flexibility index (Phi) is 5.43. The lowest BCUT2D eigenvalue weighted by atomic mass is 9.98. The Labute approximate surface area is 121 Å². The monoisotopic (exact) mass is 272 g/mol. The van der Waals surface area contributed by atoms with E-state index in [0.717, 1.165) is 18.6 Å². The summed E-state index contributed by atoms with van der Waals surface area (Å²) in [5.41, 5.74) is 1.26. The standard InChI is InChI=1S/C17H24N2O/c1-3-13(2)16-6-4-5-7-17(16)20-11-10-15(12-18)19-14-8-9-14/h4-7,13-15,19H,3,8-11H2,1-2H3. The highest BCUT2D eigenvalue weighted by Gasteiger charge is 2.24. The van der Waals surface area contributed by atoms with Crippen molar-refractivity contribution in [2.24, 2.45) is 0 Å². The number of nitriles is 1. The van der Waals surface area contributed by atoms with Crippen molar-refractivity contribution in [1.29, 1.82) is 5.26 Å². The zero-order chi connectivity index (χ0) is 14.4. The second kappa shape index (κ2) is 7.31. The van der Waals surface area contributed by atoms with E-state index in [1.54, 1.807) is 0 Å². The Balaban J connectivity index is 1.85. The lowest BCUT2D eigenvalue weighted by Gasteiger charge is -2.17. The minimum atomic E-state index is -0.0849. The quantitative estimate of drug-likeness (QED) is 0.786. The predicted octanol–water partition coefficient (Wildman–Crippen LogP) is 3.61. The van der Waals surface area contributed by atoms with Crippen LogP contribution in [0.1, 0.15) is 51.0 Å². The fourth-order valence-corrected chi connectivity index (χ4v) is 2.25. The number of hydrogen-bond donors (Lipinski definition) is 1. The summed E-state index contributed by atoms with van der Waals surface area (Å²) in [5.74, 6) is 1.47. The van der Waals surface area contributed by atoms with Crippen LogP contribution in [0.25, 0.3) is 0 Å². The largest absolute Gasteiger partial charge is 0.493 e. The fourth-order valence-electron chi connectivity index (χ4n) is 2.25. The third-order valence-corrected chi connectivity index (χ3v) is 3.90. The van der Waals surface area contributed by atoms with Crippen molar-refractivity contribution in [3.63, 3.8) is 0 Å². The molecule has 1 N–H and O–H groups in total. The Morgan fingerprint density at radius 3 is 2.80 bits per heavy atom. The molecule has 1 aliphatic carbocycles. The summed E-state index contributed by atoms with van der Waals surface area (Å²) in [5, 5.41) is 12.4. The Hall–Kier alpha value is -1.53. The number of benzene rings is 1. The molecule has 0 aromatic heterocycles. The van der Waals surface area contributed by atoms with Gasteiger partial charge in [0.1, 0.15) is 5.75 Å². The molecule has 108 valence electrons. The molecule has 1 aliphatic rings. The van der Waals surface area contributed by atoms with Crippen molar-refractivity contribution in [1.82, 2.24) is 5.32 Å². The zero-order valence-electron chi connectivity index (χ0n) is 12.4. The summed E-state index contributed by atoms with van der Waals surface area (Å²) in [4.78, 5) is 0. The van der Waals surface area contributed by atoms with Gasteiger partial charge in [-0.2, -0.15) is 5.26 Å². The van der Waals surface area contributed by atoms with Crippen LogP contribution < -0.4 is 10.1 Å². The van der Waals surface area contributed by atoms with Gasteiger partial charge >= 0.3 is 0 Å². The molecular weight excluding hydrogens is 248 g/mol. The van der Waals surface area contributed by atoms with Gasteiger partial charge in [0.25, 0.3) is 0 Å². The lowest BCUT2D eigenvalue weighted by Crippen LogP contribution is -2.31. The number of rotatable bonds is 8. The van der Waals surface area contributed by atoms with Gasteiger partial charge in [-0.05, 0) is 36.8 Å². The summed E-state index contributed by atoms with van der Waals surface area (Å²) >= 11 is 0. The molecule has 0 saturated heterocycles. The molecule has 2 unspecified atom stereocenters. The average Bonchev–Trinajstić information content (AvgIpc) is 3.30. The van der Waals surface area contributed by atoms with Gasteiger partial charge in [0.05, 0.1) is 18.7 Å². The van der Waals surface area contributed by atoms with Crippen molar-refractivity contribution in [3.8, 4) is 11.8 Å². The van der Waals surface area contributed by atoms with E-state index in [0.29, 0.717) is 18.6 Å². The van der Waals surface area contributed by atoms with Crippen molar-refractivity contribution < 1.29 is 4.74 Å². The molecule has 2 rings (SSSR count). The van der Waals surface area contributed by atoms with E-state index in [9.17, 15) is 0 Å². The zero-order valence-corrected chi connectivity index (χ0v) is 12.4. The van der Waals surface area contributed by atoms with Gasteiger partial charge in [-0.25, -0.2) is 0 Å². The van der Waals surface area contributed by atoms with Crippen molar-refractivity contribution in [2.45, 2.75) is 57.5 Å². The average molecular weight is 272 g/mol. The van der Waals surface area contributed by atoms with Crippen LogP contribution in [-0.2, 0) is 0 Å². The first-order valence-corrected chi connectivity index (χ1v) is 7.62. The van der Waals surface area contributed by atoms with E-state index in [1.165, 1.54) is 18.4 Å². The molecule has 0 radical (unpaired) electrons. The van der Waals surface area contributed by atoms with E-state index < -0.39 is 0 Å². The smallest absolute Gasteiger partial charge is 0.122 e. The van der Waals surface area contributed by atoms with Crippen molar-refractivity contribution in [2.75, 3.05) is 6.61 Å². The molecule has 3 heteroatoms. The van der Waals surface area contributed by atoms with Crippen LogP contribution in [0.5, 0.6) is 5.75 Å². The molecule has 0 aliphatic heterocycles. The van der Waals surface area contributed by atoms with Gasteiger partial charge in [0, 0.05) is 12.5 Å². The van der Waals surface area contributed by atoms with Crippen LogP contribution in [0.15, 0.2) is 24.3 Å². The molecule has 1 saturated carbocycles. The second-order valence-corrected chi connectivity index (χ2v) is 5.61. The first-order chi connectivity index (χ1) is 9.74. The van der Waals surface area contributed by atoms with Crippen LogP contribution in [0.2, 0.25) is 0 Å². The van der Waals surface area contributed by atoms with Gasteiger partial charge in [-0.1, -0.05) is 32.0 Å². The lowest BCUT2D eigenvalue weighted by molar-refractivity contribution is 0.293. The summed E-state index contributed by atoms with van der Waals surface area (Å²) in [6, 6.07) is 11.0. The Morgan fingerprint density at radius 1 is 1.40 bits per heavy atom. The number of para-hydroxylation sites is 1. The molecule has 0 bridgehead atoms. The van der Waals surface area contributed by atoms with Crippen LogP contribution in [0, 0.1) is 11.3 Å². The molecule has 0 amide bonds. The van der Waals surface area contributed by atoms with Gasteiger partial charge in [-0.3, -0.25) is 5.32 Å². The number of hydrogen-bond acceptors (Lipinski definition) is 3. The summed E-state index contributed by atoms with van der Waals surface area (Å²) in [7, 11) is 0. The molecule has 2 atom stereocenters. The van der Waals surface area contributed by atoms with Crippen LogP contribution >= 0.6 is 0 Å². The highest BCUT2D eigenvalue weighted by Crippen LogP contribution is 2.28. The Morgan fingerprint density at radius 2 is 2.15 bits per heavy atom. The molecule has 20 heavy (non-hydrogen) atoms. The van der Waals surface area contributed by atoms with Crippen molar-refractivity contribution in [3.05, 3.63) is 29.8 Å². The molecular formula is C17H24N2O. The molecule has 1 fully saturated rings. The fraction of sp³-hybridized carbons (Fsp3) is 0.588. The van der Waals surface area contributed by atoms with E-state index in [-0.39, 0.29) is 6.04 Å². The maximum Gasteiger partial charge on any atom is 0.122 e. The van der Waals surface area contributed by atoms with E-state index >= 15 is 0 Å². The minimum Gasteiger partial charge on any atom is -0.493 e. The molecule has 3 nitrogen and oxygen atoms in total. The molecule has 1 aromatic rings. The van der Waals surface area contributed by atoms with Crippen molar-refractivity contribution >= 4 is 0 Å². The maximum atomic E-state index is 9.11. The summed E-state index contributed by atoms with van der Waals surface area (Å²) in [6.07, 6.45) is 4.25. The molecule has 1 aromatic carbocycles.